The van der Waals surface area contributed by atoms with E-state index in [0.29, 0.717) is 40.7 Å². The van der Waals surface area contributed by atoms with Crippen molar-refractivity contribution in [2.24, 2.45) is 0 Å². The minimum Gasteiger partial charge on any atom is -0.457 e. The van der Waals surface area contributed by atoms with Crippen LogP contribution in [0.1, 0.15) is 24.6 Å². The zero-order valence-electron chi connectivity index (χ0n) is 16.3. The Morgan fingerprint density at radius 3 is 2.77 bits per heavy atom. The number of para-hydroxylation sites is 1. The van der Waals surface area contributed by atoms with Gasteiger partial charge in [0.05, 0.1) is 6.61 Å². The summed E-state index contributed by atoms with van der Waals surface area (Å²) >= 11 is 0. The molecule has 6 nitrogen and oxygen atoms in total. The summed E-state index contributed by atoms with van der Waals surface area (Å²) in [6.45, 7) is 1.35. The van der Waals surface area contributed by atoms with Crippen molar-refractivity contribution in [3.8, 4) is 22.8 Å². The van der Waals surface area contributed by atoms with Crippen LogP contribution in [0, 0.1) is 5.82 Å². The summed E-state index contributed by atoms with van der Waals surface area (Å²) < 4.78 is 28.4. The molecule has 30 heavy (non-hydrogen) atoms. The van der Waals surface area contributed by atoms with Crippen molar-refractivity contribution < 1.29 is 13.9 Å². The lowest BCUT2D eigenvalue weighted by Crippen LogP contribution is -2.17. The summed E-state index contributed by atoms with van der Waals surface area (Å²) in [6, 6.07) is 14.0. The van der Waals surface area contributed by atoms with E-state index < -0.39 is 5.82 Å². The average molecular weight is 404 g/mol. The number of nitrogen functional groups attached to an aromatic ring is 1. The molecule has 0 saturated carbocycles. The fourth-order valence-electron chi connectivity index (χ4n) is 3.88. The smallest absolute Gasteiger partial charge is 0.150 e. The summed E-state index contributed by atoms with van der Waals surface area (Å²) in [6.07, 6.45) is 5.38. The number of fused-ring (bicyclic) bond motifs is 1. The first kappa shape index (κ1) is 18.6. The van der Waals surface area contributed by atoms with Gasteiger partial charge in [0.15, 0.2) is 0 Å². The molecule has 0 amide bonds. The maximum Gasteiger partial charge on any atom is 0.150 e. The van der Waals surface area contributed by atoms with Crippen LogP contribution >= 0.6 is 0 Å². The van der Waals surface area contributed by atoms with Crippen molar-refractivity contribution in [3.63, 3.8) is 0 Å². The Bertz CT molecular complexity index is 1190. The van der Waals surface area contributed by atoms with E-state index in [1.54, 1.807) is 18.3 Å². The van der Waals surface area contributed by atoms with Gasteiger partial charge in [-0.15, -0.1) is 0 Å². The van der Waals surface area contributed by atoms with Crippen LogP contribution in [0.2, 0.25) is 0 Å². The number of anilines is 1. The van der Waals surface area contributed by atoms with Gasteiger partial charge in [-0.25, -0.2) is 14.4 Å². The Kier molecular flexibility index (Phi) is 4.80. The Hall–Kier alpha value is -3.45. The van der Waals surface area contributed by atoms with Gasteiger partial charge >= 0.3 is 0 Å². The van der Waals surface area contributed by atoms with E-state index in [2.05, 4.69) is 4.98 Å². The zero-order chi connectivity index (χ0) is 20.5. The highest BCUT2D eigenvalue weighted by atomic mass is 19.1. The minimum atomic E-state index is -0.432. The number of imidazole rings is 1. The first-order valence-corrected chi connectivity index (χ1v) is 9.93. The molecule has 0 aliphatic carbocycles. The van der Waals surface area contributed by atoms with E-state index in [0.717, 1.165) is 25.3 Å². The number of halogens is 1. The predicted octanol–water partition coefficient (Wildman–Crippen LogP) is 4.80. The quantitative estimate of drug-likeness (QED) is 0.529. The van der Waals surface area contributed by atoms with Gasteiger partial charge in [0, 0.05) is 36.5 Å². The SMILES string of the molecule is Nc1nccn2c(C3CCCOC3)nc(-c3ccc(Oc4ccccc4)cc3F)c12. The lowest BCUT2D eigenvalue weighted by Gasteiger charge is -2.20. The van der Waals surface area contributed by atoms with Crippen LogP contribution in [0.15, 0.2) is 60.9 Å². The Morgan fingerprint density at radius 2 is 2.00 bits per heavy atom. The normalized spacial score (nSPS) is 16.6. The van der Waals surface area contributed by atoms with Crippen LogP contribution in [0.4, 0.5) is 10.2 Å². The molecule has 1 saturated heterocycles. The van der Waals surface area contributed by atoms with Gasteiger partial charge in [-0.2, -0.15) is 0 Å². The molecule has 1 aliphatic heterocycles. The first-order valence-electron chi connectivity index (χ1n) is 9.93. The van der Waals surface area contributed by atoms with E-state index in [4.69, 9.17) is 20.2 Å². The molecule has 2 aromatic heterocycles. The van der Waals surface area contributed by atoms with Crippen molar-refractivity contribution in [2.75, 3.05) is 18.9 Å². The van der Waals surface area contributed by atoms with Gasteiger partial charge in [0.1, 0.15) is 40.2 Å². The molecule has 7 heteroatoms. The summed E-state index contributed by atoms with van der Waals surface area (Å²) in [5.74, 6) is 1.89. The third-order valence-electron chi connectivity index (χ3n) is 5.31. The number of ether oxygens (including phenoxy) is 2. The largest absolute Gasteiger partial charge is 0.457 e. The van der Waals surface area contributed by atoms with E-state index >= 15 is 4.39 Å². The topological polar surface area (TPSA) is 74.7 Å². The predicted molar refractivity (Wildman–Crippen MR) is 112 cm³/mol. The van der Waals surface area contributed by atoms with Crippen molar-refractivity contribution in [2.45, 2.75) is 18.8 Å². The van der Waals surface area contributed by atoms with Gasteiger partial charge in [-0.05, 0) is 37.1 Å². The van der Waals surface area contributed by atoms with Crippen molar-refractivity contribution >= 4 is 11.3 Å². The highest BCUT2D eigenvalue weighted by Gasteiger charge is 2.25. The third kappa shape index (κ3) is 3.37. The number of hydrogen-bond donors (Lipinski definition) is 1. The highest BCUT2D eigenvalue weighted by Crippen LogP contribution is 2.35. The van der Waals surface area contributed by atoms with Gasteiger partial charge in [-0.3, -0.25) is 4.40 Å². The van der Waals surface area contributed by atoms with Gasteiger partial charge in [0.25, 0.3) is 0 Å². The Morgan fingerprint density at radius 1 is 1.13 bits per heavy atom. The molecule has 5 rings (SSSR count). The Balaban J connectivity index is 1.57. The molecule has 0 bridgehead atoms. The summed E-state index contributed by atoms with van der Waals surface area (Å²) in [4.78, 5) is 8.99. The van der Waals surface area contributed by atoms with Crippen LogP contribution in [0.25, 0.3) is 16.8 Å². The van der Waals surface area contributed by atoms with Crippen LogP contribution in [0.5, 0.6) is 11.5 Å². The third-order valence-corrected chi connectivity index (χ3v) is 5.31. The molecule has 4 aromatic rings. The molecule has 0 radical (unpaired) electrons. The lowest BCUT2D eigenvalue weighted by molar-refractivity contribution is 0.0779. The van der Waals surface area contributed by atoms with Gasteiger partial charge in [-0.1, -0.05) is 18.2 Å². The molecule has 1 unspecified atom stereocenters. The highest BCUT2D eigenvalue weighted by molar-refractivity contribution is 5.85. The zero-order valence-corrected chi connectivity index (χ0v) is 16.3. The van der Waals surface area contributed by atoms with Crippen molar-refractivity contribution in [1.29, 1.82) is 0 Å². The molecule has 1 fully saturated rings. The number of aromatic nitrogens is 3. The summed E-state index contributed by atoms with van der Waals surface area (Å²) in [5.41, 5.74) is 7.61. The Labute approximate surface area is 173 Å². The maximum absolute atomic E-state index is 15.1. The molecule has 152 valence electrons. The monoisotopic (exact) mass is 404 g/mol. The maximum atomic E-state index is 15.1. The second-order valence-corrected chi connectivity index (χ2v) is 7.32. The van der Waals surface area contributed by atoms with Crippen LogP contribution in [-0.4, -0.2) is 27.6 Å². The molecular formula is C23H21FN4O2. The fourth-order valence-corrected chi connectivity index (χ4v) is 3.88. The van der Waals surface area contributed by atoms with E-state index in [1.165, 1.54) is 6.07 Å². The average Bonchev–Trinajstić information content (AvgIpc) is 3.16. The second-order valence-electron chi connectivity index (χ2n) is 7.32. The van der Waals surface area contributed by atoms with E-state index in [1.807, 2.05) is 40.9 Å². The van der Waals surface area contributed by atoms with Crippen LogP contribution < -0.4 is 10.5 Å². The summed E-state index contributed by atoms with van der Waals surface area (Å²) in [5, 5.41) is 0. The summed E-state index contributed by atoms with van der Waals surface area (Å²) in [7, 11) is 0. The molecule has 2 aromatic carbocycles. The van der Waals surface area contributed by atoms with Crippen molar-refractivity contribution in [3.05, 3.63) is 72.6 Å². The molecule has 1 aliphatic rings. The van der Waals surface area contributed by atoms with Crippen molar-refractivity contribution in [1.82, 2.24) is 14.4 Å². The fraction of sp³-hybridized carbons (Fsp3) is 0.217. The first-order chi connectivity index (χ1) is 14.7. The number of hydrogen-bond acceptors (Lipinski definition) is 5. The minimum absolute atomic E-state index is 0.130. The van der Waals surface area contributed by atoms with E-state index in [9.17, 15) is 0 Å². The molecular weight excluding hydrogens is 383 g/mol. The number of benzene rings is 2. The molecule has 3 heterocycles. The van der Waals surface area contributed by atoms with E-state index in [-0.39, 0.29) is 5.92 Å². The number of rotatable bonds is 4. The van der Waals surface area contributed by atoms with Gasteiger partial charge < -0.3 is 15.2 Å². The lowest BCUT2D eigenvalue weighted by atomic mass is 10.0. The van der Waals surface area contributed by atoms with Gasteiger partial charge in [0.2, 0.25) is 0 Å². The van der Waals surface area contributed by atoms with Crippen LogP contribution in [0.3, 0.4) is 0 Å². The molecule has 1 atom stereocenters. The second kappa shape index (κ2) is 7.76. The molecule has 0 spiro atoms. The molecule has 2 N–H and O–H groups in total. The number of nitrogens with two attached hydrogens (primary N) is 1. The van der Waals surface area contributed by atoms with Crippen LogP contribution in [-0.2, 0) is 4.74 Å². The standard InChI is InChI=1S/C23H21FN4O2/c24-19-13-17(30-16-6-2-1-3-7-16)8-9-18(19)20-21-22(25)26-10-11-28(21)23(27-20)15-5-4-12-29-14-15/h1-3,6-11,13,15H,4-5,12,14H2,(H2,25,26). The number of nitrogens with zero attached hydrogens (tertiary/aromatic N) is 3.